The molecule has 0 aliphatic carbocycles. The Labute approximate surface area is 184 Å². The van der Waals surface area contributed by atoms with E-state index in [2.05, 4.69) is 59.6 Å². The summed E-state index contributed by atoms with van der Waals surface area (Å²) in [5.41, 5.74) is 8.67. The fourth-order valence-corrected chi connectivity index (χ4v) is 6.27. The van der Waals surface area contributed by atoms with E-state index in [-0.39, 0.29) is 11.9 Å². The van der Waals surface area contributed by atoms with Crippen LogP contribution in [-0.4, -0.2) is 23.8 Å². The first kappa shape index (κ1) is 19.3. The number of amides is 1. The number of hydrogen-bond donors (Lipinski definition) is 1. The lowest BCUT2D eigenvalue weighted by molar-refractivity contribution is -0.128. The van der Waals surface area contributed by atoms with Gasteiger partial charge in [-0.25, -0.2) is 4.99 Å². The Morgan fingerprint density at radius 2 is 1.67 bits per heavy atom. The van der Waals surface area contributed by atoms with E-state index in [9.17, 15) is 4.79 Å². The van der Waals surface area contributed by atoms with Crippen molar-refractivity contribution in [1.82, 2.24) is 4.90 Å². The minimum absolute atomic E-state index is 0.0175. The number of fused-ring (bicyclic) bond motifs is 2. The Bertz CT molecular complexity index is 1210. The molecule has 2 aliphatic rings. The summed E-state index contributed by atoms with van der Waals surface area (Å²) < 4.78 is 0. The van der Waals surface area contributed by atoms with E-state index < -0.39 is 5.54 Å². The lowest BCUT2D eigenvalue weighted by atomic mass is 9.86. The number of nitrogens with two attached hydrogens (primary N) is 1. The molecule has 0 aromatic heterocycles. The number of rotatable bonds is 2. The van der Waals surface area contributed by atoms with Gasteiger partial charge in [-0.1, -0.05) is 66.0 Å². The fraction of sp³-hybridized carbons (Fsp3) is 0.167. The molecule has 4 nitrogen and oxygen atoms in total. The van der Waals surface area contributed by atoms with E-state index in [0.29, 0.717) is 6.42 Å². The number of aliphatic imine (C=N–C) groups is 1. The van der Waals surface area contributed by atoms with Gasteiger partial charge in [0.05, 0.1) is 12.0 Å². The normalized spacial score (nSPS) is 20.4. The molecule has 0 saturated heterocycles. The number of nitrogens with zero attached hydrogens (tertiary/aromatic N) is 2. The molecule has 2 aliphatic heterocycles. The largest absolute Gasteiger partial charge is 0.369 e. The van der Waals surface area contributed by atoms with Crippen molar-refractivity contribution in [2.75, 3.05) is 7.05 Å². The predicted octanol–water partition coefficient (Wildman–Crippen LogP) is 5.36. The highest BCUT2D eigenvalue weighted by atomic mass is 32.2. The van der Waals surface area contributed by atoms with Gasteiger partial charge in [-0.2, -0.15) is 0 Å². The Hall–Kier alpha value is -2.70. The molecule has 1 atom stereocenters. The number of carbonyl (C=O) groups excluding carboxylic acids is 1. The zero-order valence-electron chi connectivity index (χ0n) is 16.8. The van der Waals surface area contributed by atoms with Gasteiger partial charge in [-0.3, -0.25) is 9.69 Å². The second kappa shape index (κ2) is 7.22. The Morgan fingerprint density at radius 3 is 2.43 bits per heavy atom. The van der Waals surface area contributed by atoms with E-state index in [0.717, 1.165) is 11.1 Å². The Balaban J connectivity index is 1.58. The summed E-state index contributed by atoms with van der Waals surface area (Å²) in [6.45, 7) is 1.98. The lowest BCUT2D eigenvalue weighted by Gasteiger charge is -2.34. The summed E-state index contributed by atoms with van der Waals surface area (Å²) in [5, 5.41) is 0. The minimum atomic E-state index is -0.660. The molecule has 2 N–H and O–H groups in total. The van der Waals surface area contributed by atoms with Crippen LogP contribution in [0.25, 0.3) is 11.1 Å². The van der Waals surface area contributed by atoms with Crippen molar-refractivity contribution in [3.63, 3.8) is 0 Å². The summed E-state index contributed by atoms with van der Waals surface area (Å²) in [7, 11) is 1.67. The van der Waals surface area contributed by atoms with E-state index in [1.165, 1.54) is 30.0 Å². The maximum Gasteiger partial charge on any atom is 0.231 e. The first-order chi connectivity index (χ1) is 14.4. The third-order valence-electron chi connectivity index (χ3n) is 5.63. The second-order valence-corrected chi connectivity index (χ2v) is 9.87. The molecule has 1 amide bonds. The molecule has 3 aromatic carbocycles. The topological polar surface area (TPSA) is 58.7 Å². The van der Waals surface area contributed by atoms with Gasteiger partial charge in [0.25, 0.3) is 0 Å². The Kier molecular flexibility index (Phi) is 4.64. The summed E-state index contributed by atoms with van der Waals surface area (Å²) >= 11 is 3.63. The molecular weight excluding hydrogens is 410 g/mol. The van der Waals surface area contributed by atoms with Gasteiger partial charge in [0.1, 0.15) is 0 Å². The quantitative estimate of drug-likeness (QED) is 0.464. The van der Waals surface area contributed by atoms with Crippen LogP contribution in [0.1, 0.15) is 18.9 Å². The van der Waals surface area contributed by atoms with E-state index in [1.807, 2.05) is 42.6 Å². The summed E-state index contributed by atoms with van der Waals surface area (Å²) in [6, 6.07) is 23.3. The number of carbonyl (C=O) groups is 1. The maximum absolute atomic E-state index is 12.4. The molecule has 0 spiro atoms. The zero-order chi connectivity index (χ0) is 20.9. The first-order valence-corrected chi connectivity index (χ1v) is 11.4. The van der Waals surface area contributed by atoms with E-state index >= 15 is 0 Å². The van der Waals surface area contributed by atoms with Gasteiger partial charge < -0.3 is 5.73 Å². The molecule has 2 heterocycles. The van der Waals surface area contributed by atoms with Crippen molar-refractivity contribution in [1.29, 1.82) is 0 Å². The van der Waals surface area contributed by atoms with Crippen LogP contribution < -0.4 is 5.73 Å². The zero-order valence-corrected chi connectivity index (χ0v) is 18.4. The van der Waals surface area contributed by atoms with Crippen molar-refractivity contribution in [2.24, 2.45) is 10.7 Å². The molecule has 30 heavy (non-hydrogen) atoms. The number of hydrogen-bond acceptors (Lipinski definition) is 5. The molecule has 0 saturated carbocycles. The van der Waals surface area contributed by atoms with Crippen molar-refractivity contribution in [3.8, 4) is 11.1 Å². The second-order valence-electron chi connectivity index (χ2n) is 7.74. The summed E-state index contributed by atoms with van der Waals surface area (Å²) in [6.07, 6.45) is 0.304. The maximum atomic E-state index is 12.4. The summed E-state index contributed by atoms with van der Waals surface area (Å²) in [4.78, 5) is 23.6. The predicted molar refractivity (Wildman–Crippen MR) is 123 cm³/mol. The van der Waals surface area contributed by atoms with Crippen LogP contribution in [0.15, 0.2) is 91.3 Å². The fourth-order valence-electron chi connectivity index (χ4n) is 3.87. The highest BCUT2D eigenvalue weighted by Gasteiger charge is 2.36. The minimum Gasteiger partial charge on any atom is -0.369 e. The number of benzene rings is 3. The monoisotopic (exact) mass is 431 g/mol. The van der Waals surface area contributed by atoms with Crippen LogP contribution in [0.5, 0.6) is 0 Å². The average Bonchev–Trinajstić information content (AvgIpc) is 2.75. The highest BCUT2D eigenvalue weighted by molar-refractivity contribution is 8.05. The standard InChI is InChI=1S/C24H21N3OS2/c1-24(14-21(28)27(2)23(25)26-24)16-8-5-7-15(13-16)17-9-6-12-20-22(17)30-19-11-4-3-10-18(19)29-20/h3-13H,14H2,1-2H3,(H2,25,26). The average molecular weight is 432 g/mol. The smallest absolute Gasteiger partial charge is 0.231 e. The molecule has 0 radical (unpaired) electrons. The van der Waals surface area contributed by atoms with E-state index in [4.69, 9.17) is 5.73 Å². The van der Waals surface area contributed by atoms with Gasteiger partial charge in [-0.05, 0) is 47.9 Å². The van der Waals surface area contributed by atoms with Crippen molar-refractivity contribution in [2.45, 2.75) is 38.5 Å². The van der Waals surface area contributed by atoms with Crippen LogP contribution in [0.3, 0.4) is 0 Å². The third-order valence-corrected chi connectivity index (χ3v) is 8.24. The molecule has 0 fully saturated rings. The van der Waals surface area contributed by atoms with Gasteiger partial charge in [0.15, 0.2) is 5.96 Å². The number of guanidine groups is 1. The van der Waals surface area contributed by atoms with Gasteiger partial charge in [0.2, 0.25) is 5.91 Å². The van der Waals surface area contributed by atoms with Crippen molar-refractivity contribution < 1.29 is 4.79 Å². The molecule has 3 aromatic rings. The molecule has 1 unspecified atom stereocenters. The van der Waals surface area contributed by atoms with Crippen LogP contribution in [-0.2, 0) is 10.3 Å². The Morgan fingerprint density at radius 1 is 0.967 bits per heavy atom. The van der Waals surface area contributed by atoms with Crippen molar-refractivity contribution in [3.05, 3.63) is 72.3 Å². The van der Waals surface area contributed by atoms with Crippen LogP contribution >= 0.6 is 23.5 Å². The van der Waals surface area contributed by atoms with Crippen LogP contribution in [0.2, 0.25) is 0 Å². The molecule has 6 heteroatoms. The summed E-state index contributed by atoms with van der Waals surface area (Å²) in [5.74, 6) is 0.246. The molecule has 0 bridgehead atoms. The molecule has 5 rings (SSSR count). The molecule has 150 valence electrons. The lowest BCUT2D eigenvalue weighted by Crippen LogP contribution is -2.47. The van der Waals surface area contributed by atoms with Crippen LogP contribution in [0, 0.1) is 0 Å². The van der Waals surface area contributed by atoms with Crippen LogP contribution in [0.4, 0.5) is 0 Å². The van der Waals surface area contributed by atoms with Gasteiger partial charge >= 0.3 is 0 Å². The molecular formula is C24H21N3OS2. The third kappa shape index (κ3) is 3.20. The van der Waals surface area contributed by atoms with Gasteiger partial charge in [-0.15, -0.1) is 0 Å². The first-order valence-electron chi connectivity index (χ1n) is 9.75. The highest BCUT2D eigenvalue weighted by Crippen LogP contribution is 2.51. The van der Waals surface area contributed by atoms with E-state index in [1.54, 1.807) is 7.05 Å². The SMILES string of the molecule is CN1C(=O)CC(C)(c2cccc(-c3cccc4c3Sc3ccccc3S4)c2)N=C1N. The van der Waals surface area contributed by atoms with Crippen molar-refractivity contribution >= 4 is 35.4 Å². The van der Waals surface area contributed by atoms with Gasteiger partial charge in [0, 0.05) is 26.6 Å².